The van der Waals surface area contributed by atoms with Crippen molar-refractivity contribution >= 4 is 40.0 Å². The SMILES string of the molecule is CC1(C)CSCC(Nc2ccc(Cl)c3ncccc23)C1. The zero-order valence-electron chi connectivity index (χ0n) is 11.8. The van der Waals surface area contributed by atoms with E-state index in [1.807, 2.05) is 23.9 Å². The van der Waals surface area contributed by atoms with Crippen molar-refractivity contribution in [1.82, 2.24) is 4.98 Å². The molecule has 3 rings (SSSR count). The van der Waals surface area contributed by atoms with Crippen LogP contribution in [0.2, 0.25) is 5.02 Å². The Labute approximate surface area is 129 Å². The van der Waals surface area contributed by atoms with Gasteiger partial charge in [0, 0.05) is 29.1 Å². The van der Waals surface area contributed by atoms with Gasteiger partial charge in [0.25, 0.3) is 0 Å². The van der Waals surface area contributed by atoms with Crippen LogP contribution < -0.4 is 5.32 Å². The number of hydrogen-bond acceptors (Lipinski definition) is 3. The van der Waals surface area contributed by atoms with Crippen LogP contribution in [-0.4, -0.2) is 22.5 Å². The summed E-state index contributed by atoms with van der Waals surface area (Å²) >= 11 is 8.26. The average molecular weight is 307 g/mol. The molecule has 0 saturated carbocycles. The van der Waals surface area contributed by atoms with Crippen LogP contribution in [0.15, 0.2) is 30.5 Å². The lowest BCUT2D eigenvalue weighted by Crippen LogP contribution is -2.35. The maximum absolute atomic E-state index is 6.22. The lowest BCUT2D eigenvalue weighted by molar-refractivity contribution is 0.358. The summed E-state index contributed by atoms with van der Waals surface area (Å²) in [7, 11) is 0. The van der Waals surface area contributed by atoms with Crippen LogP contribution >= 0.6 is 23.4 Å². The Balaban J connectivity index is 1.90. The second kappa shape index (κ2) is 5.45. The zero-order chi connectivity index (χ0) is 14.2. The van der Waals surface area contributed by atoms with Gasteiger partial charge in [-0.3, -0.25) is 4.98 Å². The molecule has 20 heavy (non-hydrogen) atoms. The highest BCUT2D eigenvalue weighted by atomic mass is 35.5. The Kier molecular flexibility index (Phi) is 3.83. The molecule has 0 radical (unpaired) electrons. The molecule has 2 aromatic rings. The van der Waals surface area contributed by atoms with E-state index in [-0.39, 0.29) is 0 Å². The molecule has 2 heterocycles. The number of pyridine rings is 1. The highest BCUT2D eigenvalue weighted by Gasteiger charge is 2.28. The first-order valence-corrected chi connectivity index (χ1v) is 8.46. The third-order valence-corrected chi connectivity index (χ3v) is 5.62. The first-order valence-electron chi connectivity index (χ1n) is 6.93. The summed E-state index contributed by atoms with van der Waals surface area (Å²) in [5.74, 6) is 2.40. The van der Waals surface area contributed by atoms with Crippen LogP contribution in [0.1, 0.15) is 20.3 Å². The molecule has 1 N–H and O–H groups in total. The molecule has 1 aromatic carbocycles. The number of nitrogens with zero attached hydrogens (tertiary/aromatic N) is 1. The van der Waals surface area contributed by atoms with Gasteiger partial charge in [-0.2, -0.15) is 11.8 Å². The van der Waals surface area contributed by atoms with Gasteiger partial charge in [-0.05, 0) is 41.9 Å². The van der Waals surface area contributed by atoms with Crippen molar-refractivity contribution in [2.75, 3.05) is 16.8 Å². The van der Waals surface area contributed by atoms with Gasteiger partial charge in [0.1, 0.15) is 0 Å². The Hall–Kier alpha value is -0.930. The highest BCUT2D eigenvalue weighted by Crippen LogP contribution is 2.36. The number of hydrogen-bond donors (Lipinski definition) is 1. The van der Waals surface area contributed by atoms with Gasteiger partial charge in [0.05, 0.1) is 10.5 Å². The first kappa shape index (κ1) is 14.0. The van der Waals surface area contributed by atoms with Gasteiger partial charge in [0.2, 0.25) is 0 Å². The summed E-state index contributed by atoms with van der Waals surface area (Å²) < 4.78 is 0. The topological polar surface area (TPSA) is 24.9 Å². The van der Waals surface area contributed by atoms with E-state index in [4.69, 9.17) is 11.6 Å². The smallest absolute Gasteiger partial charge is 0.0908 e. The summed E-state index contributed by atoms with van der Waals surface area (Å²) in [6.07, 6.45) is 2.99. The van der Waals surface area contributed by atoms with E-state index in [1.54, 1.807) is 6.20 Å². The molecule has 1 aliphatic rings. The van der Waals surface area contributed by atoms with Gasteiger partial charge in [0.15, 0.2) is 0 Å². The fourth-order valence-electron chi connectivity index (χ4n) is 2.84. The number of anilines is 1. The Morgan fingerprint density at radius 2 is 2.20 bits per heavy atom. The lowest BCUT2D eigenvalue weighted by Gasteiger charge is -2.35. The molecule has 1 aromatic heterocycles. The zero-order valence-corrected chi connectivity index (χ0v) is 13.4. The van der Waals surface area contributed by atoms with E-state index in [2.05, 4.69) is 36.3 Å². The van der Waals surface area contributed by atoms with E-state index >= 15 is 0 Å². The quantitative estimate of drug-likeness (QED) is 0.860. The third kappa shape index (κ3) is 2.89. The van der Waals surface area contributed by atoms with E-state index in [0.29, 0.717) is 16.5 Å². The maximum Gasteiger partial charge on any atom is 0.0908 e. The largest absolute Gasteiger partial charge is 0.381 e. The predicted octanol–water partition coefficient (Wildman–Crippen LogP) is 4.83. The van der Waals surface area contributed by atoms with Gasteiger partial charge in [-0.15, -0.1) is 0 Å². The Morgan fingerprint density at radius 3 is 3.00 bits per heavy atom. The van der Waals surface area contributed by atoms with Gasteiger partial charge < -0.3 is 5.32 Å². The molecule has 0 spiro atoms. The standard InChI is InChI=1S/C16H19ClN2S/c1-16(2)8-11(9-20-10-16)19-14-6-5-13(17)15-12(14)4-3-7-18-15/h3-7,11,19H,8-10H2,1-2H3. The van der Waals surface area contributed by atoms with Gasteiger partial charge >= 0.3 is 0 Å². The summed E-state index contributed by atoms with van der Waals surface area (Å²) in [6, 6.07) is 8.55. The van der Waals surface area contributed by atoms with Crippen LogP contribution in [-0.2, 0) is 0 Å². The average Bonchev–Trinajstić information content (AvgIpc) is 2.41. The fourth-order valence-corrected chi connectivity index (χ4v) is 4.33. The number of thioether (sulfide) groups is 1. The Morgan fingerprint density at radius 1 is 1.35 bits per heavy atom. The van der Waals surface area contributed by atoms with E-state index in [1.165, 1.54) is 12.2 Å². The number of fused-ring (bicyclic) bond motifs is 1. The summed E-state index contributed by atoms with van der Waals surface area (Å²) in [5.41, 5.74) is 2.42. The number of rotatable bonds is 2. The van der Waals surface area contributed by atoms with E-state index < -0.39 is 0 Å². The molecule has 1 saturated heterocycles. The molecule has 0 aliphatic carbocycles. The van der Waals surface area contributed by atoms with Crippen LogP contribution in [0, 0.1) is 5.41 Å². The normalized spacial score (nSPS) is 21.9. The molecule has 0 amide bonds. The van der Waals surface area contributed by atoms with Crippen molar-refractivity contribution in [3.63, 3.8) is 0 Å². The van der Waals surface area contributed by atoms with Crippen LogP contribution in [0.3, 0.4) is 0 Å². The third-order valence-electron chi connectivity index (χ3n) is 3.69. The van der Waals surface area contributed by atoms with E-state index in [0.717, 1.165) is 22.3 Å². The summed E-state index contributed by atoms with van der Waals surface area (Å²) in [5, 5.41) is 5.50. The highest BCUT2D eigenvalue weighted by molar-refractivity contribution is 7.99. The number of halogens is 1. The lowest BCUT2D eigenvalue weighted by atomic mass is 9.87. The monoisotopic (exact) mass is 306 g/mol. The molecule has 4 heteroatoms. The van der Waals surface area contributed by atoms with Gasteiger partial charge in [-0.1, -0.05) is 25.4 Å². The molecule has 106 valence electrons. The van der Waals surface area contributed by atoms with Crippen molar-refractivity contribution in [1.29, 1.82) is 0 Å². The number of nitrogens with one attached hydrogen (secondary N) is 1. The van der Waals surface area contributed by atoms with Crippen LogP contribution in [0.25, 0.3) is 10.9 Å². The number of aromatic nitrogens is 1. The minimum Gasteiger partial charge on any atom is -0.381 e. The molecule has 1 atom stereocenters. The van der Waals surface area contributed by atoms with E-state index in [9.17, 15) is 0 Å². The van der Waals surface area contributed by atoms with Crippen molar-refractivity contribution in [2.45, 2.75) is 26.3 Å². The van der Waals surface area contributed by atoms with Crippen molar-refractivity contribution < 1.29 is 0 Å². The minimum atomic E-state index is 0.404. The molecular formula is C16H19ClN2S. The van der Waals surface area contributed by atoms with Crippen LogP contribution in [0.5, 0.6) is 0 Å². The van der Waals surface area contributed by atoms with Crippen LogP contribution in [0.4, 0.5) is 5.69 Å². The molecule has 1 fully saturated rings. The predicted molar refractivity (Wildman–Crippen MR) is 89.9 cm³/mol. The van der Waals surface area contributed by atoms with Crippen molar-refractivity contribution in [3.05, 3.63) is 35.5 Å². The van der Waals surface area contributed by atoms with Gasteiger partial charge in [-0.25, -0.2) is 0 Å². The second-order valence-corrected chi connectivity index (χ2v) is 7.66. The fraction of sp³-hybridized carbons (Fsp3) is 0.438. The Bertz CT molecular complexity index is 627. The molecule has 1 aliphatic heterocycles. The molecule has 1 unspecified atom stereocenters. The molecule has 0 bridgehead atoms. The molecular weight excluding hydrogens is 288 g/mol. The summed E-state index contributed by atoms with van der Waals surface area (Å²) in [4.78, 5) is 4.39. The number of benzene rings is 1. The maximum atomic E-state index is 6.22. The first-order chi connectivity index (χ1) is 9.55. The second-order valence-electron chi connectivity index (χ2n) is 6.22. The minimum absolute atomic E-state index is 0.404. The van der Waals surface area contributed by atoms with Crippen molar-refractivity contribution in [2.24, 2.45) is 5.41 Å². The molecule has 2 nitrogen and oxygen atoms in total. The van der Waals surface area contributed by atoms with Crippen molar-refractivity contribution in [3.8, 4) is 0 Å². The summed E-state index contributed by atoms with van der Waals surface area (Å²) in [6.45, 7) is 4.69.